The standard InChI is InChI=1S/C44H26N4/c45-27-29-19-21-43-39(23-29)37-15-3-5-17-41(37)47(43)33-11-7-9-31(25-33)35-13-1-2-14-36(35)32-10-8-12-34(26-32)48-42-18-6-4-16-38(42)40-24-30(28-46)20-22-44(40)48/h1-26H. The summed E-state index contributed by atoms with van der Waals surface area (Å²) in [6.07, 6.45) is 0. The van der Waals surface area contributed by atoms with Crippen LogP contribution in [-0.4, -0.2) is 9.13 Å². The number of benzene rings is 7. The Bertz CT molecular complexity index is 2620. The molecule has 0 aliphatic heterocycles. The van der Waals surface area contributed by atoms with Crippen LogP contribution in [0.2, 0.25) is 0 Å². The molecule has 0 saturated heterocycles. The van der Waals surface area contributed by atoms with Crippen molar-refractivity contribution in [2.75, 3.05) is 0 Å². The first-order chi connectivity index (χ1) is 23.7. The van der Waals surface area contributed by atoms with Crippen LogP contribution in [-0.2, 0) is 0 Å². The van der Waals surface area contributed by atoms with Crippen LogP contribution in [0.3, 0.4) is 0 Å². The highest BCUT2D eigenvalue weighted by Gasteiger charge is 2.16. The molecule has 4 heteroatoms. The van der Waals surface area contributed by atoms with E-state index in [0.717, 1.165) is 77.2 Å². The lowest BCUT2D eigenvalue weighted by atomic mass is 9.94. The van der Waals surface area contributed by atoms with Crippen molar-refractivity contribution in [3.8, 4) is 45.8 Å². The number of nitriles is 2. The van der Waals surface area contributed by atoms with Crippen molar-refractivity contribution in [2.24, 2.45) is 0 Å². The van der Waals surface area contributed by atoms with Crippen molar-refractivity contribution in [1.29, 1.82) is 10.5 Å². The van der Waals surface area contributed by atoms with Gasteiger partial charge in [0.2, 0.25) is 0 Å². The minimum atomic E-state index is 0.656. The van der Waals surface area contributed by atoms with Crippen LogP contribution < -0.4 is 0 Å². The molecule has 0 N–H and O–H groups in total. The van der Waals surface area contributed by atoms with E-state index in [-0.39, 0.29) is 0 Å². The molecule has 0 bridgehead atoms. The fourth-order valence-electron chi connectivity index (χ4n) is 7.25. The van der Waals surface area contributed by atoms with Crippen LogP contribution in [0.15, 0.2) is 158 Å². The Balaban J connectivity index is 1.20. The van der Waals surface area contributed by atoms with Gasteiger partial charge in [-0.2, -0.15) is 10.5 Å². The number of fused-ring (bicyclic) bond motifs is 6. The van der Waals surface area contributed by atoms with Gasteiger partial charge in [-0.05, 0) is 95.1 Å². The van der Waals surface area contributed by atoms with Crippen LogP contribution in [0.1, 0.15) is 11.1 Å². The zero-order valence-electron chi connectivity index (χ0n) is 25.8. The van der Waals surface area contributed by atoms with E-state index in [9.17, 15) is 10.5 Å². The van der Waals surface area contributed by atoms with Crippen molar-refractivity contribution in [3.05, 3.63) is 169 Å². The van der Waals surface area contributed by atoms with Gasteiger partial charge in [0.1, 0.15) is 0 Å². The molecule has 2 aromatic heterocycles. The zero-order valence-corrected chi connectivity index (χ0v) is 25.8. The predicted molar refractivity (Wildman–Crippen MR) is 195 cm³/mol. The molecule has 0 atom stereocenters. The maximum Gasteiger partial charge on any atom is 0.0991 e. The van der Waals surface area contributed by atoms with Gasteiger partial charge in [-0.3, -0.25) is 0 Å². The summed E-state index contributed by atoms with van der Waals surface area (Å²) in [5.41, 5.74) is 12.3. The normalized spacial score (nSPS) is 11.3. The fraction of sp³-hybridized carbons (Fsp3) is 0. The van der Waals surface area contributed by atoms with Crippen molar-refractivity contribution < 1.29 is 0 Å². The number of rotatable bonds is 4. The first-order valence-corrected chi connectivity index (χ1v) is 15.9. The van der Waals surface area contributed by atoms with Crippen LogP contribution in [0.5, 0.6) is 0 Å². The van der Waals surface area contributed by atoms with Crippen LogP contribution in [0.4, 0.5) is 0 Å². The third kappa shape index (κ3) is 4.22. The molecular weight excluding hydrogens is 585 g/mol. The Kier molecular flexibility index (Phi) is 6.22. The number of para-hydroxylation sites is 2. The summed E-state index contributed by atoms with van der Waals surface area (Å²) in [6.45, 7) is 0. The summed E-state index contributed by atoms with van der Waals surface area (Å²) in [6, 6.07) is 59.2. The molecule has 4 nitrogen and oxygen atoms in total. The molecule has 0 aliphatic rings. The lowest BCUT2D eigenvalue weighted by molar-refractivity contribution is 1.18. The molecule has 222 valence electrons. The smallest absolute Gasteiger partial charge is 0.0991 e. The van der Waals surface area contributed by atoms with Crippen LogP contribution in [0.25, 0.3) is 77.2 Å². The molecule has 2 heterocycles. The largest absolute Gasteiger partial charge is 0.309 e. The average molecular weight is 611 g/mol. The Morgan fingerprint density at radius 2 is 0.771 bits per heavy atom. The number of aromatic nitrogens is 2. The summed E-state index contributed by atoms with van der Waals surface area (Å²) >= 11 is 0. The van der Waals surface area contributed by atoms with Gasteiger partial charge in [0.15, 0.2) is 0 Å². The zero-order chi connectivity index (χ0) is 32.2. The maximum atomic E-state index is 9.59. The van der Waals surface area contributed by atoms with Crippen molar-refractivity contribution in [2.45, 2.75) is 0 Å². The molecule has 7 aromatic carbocycles. The minimum Gasteiger partial charge on any atom is -0.309 e. The van der Waals surface area contributed by atoms with Crippen molar-refractivity contribution in [1.82, 2.24) is 9.13 Å². The molecule has 9 aromatic rings. The van der Waals surface area contributed by atoms with Gasteiger partial charge < -0.3 is 9.13 Å². The van der Waals surface area contributed by atoms with E-state index in [4.69, 9.17) is 0 Å². The third-order valence-corrected chi connectivity index (χ3v) is 9.36. The van der Waals surface area contributed by atoms with Crippen LogP contribution >= 0.6 is 0 Å². The summed E-state index contributed by atoms with van der Waals surface area (Å²) in [5, 5.41) is 23.6. The van der Waals surface area contributed by atoms with E-state index in [2.05, 4.69) is 155 Å². The third-order valence-electron chi connectivity index (χ3n) is 9.36. The summed E-state index contributed by atoms with van der Waals surface area (Å²) in [4.78, 5) is 0. The molecule has 0 unspecified atom stereocenters. The van der Waals surface area contributed by atoms with E-state index in [1.165, 1.54) is 0 Å². The van der Waals surface area contributed by atoms with Gasteiger partial charge in [-0.15, -0.1) is 0 Å². The van der Waals surface area contributed by atoms with E-state index in [1.807, 2.05) is 24.3 Å². The second kappa shape index (κ2) is 10.9. The van der Waals surface area contributed by atoms with Gasteiger partial charge in [0, 0.05) is 32.9 Å². The molecule has 0 saturated carbocycles. The summed E-state index contributed by atoms with van der Waals surface area (Å²) < 4.78 is 4.58. The molecule has 0 fully saturated rings. The Hall–Kier alpha value is -6.88. The van der Waals surface area contributed by atoms with Gasteiger partial charge in [-0.25, -0.2) is 0 Å². The summed E-state index contributed by atoms with van der Waals surface area (Å²) in [7, 11) is 0. The van der Waals surface area contributed by atoms with Gasteiger partial charge in [0.25, 0.3) is 0 Å². The number of hydrogen-bond acceptors (Lipinski definition) is 2. The highest BCUT2D eigenvalue weighted by Crippen LogP contribution is 2.38. The molecule has 9 rings (SSSR count). The van der Waals surface area contributed by atoms with E-state index < -0.39 is 0 Å². The van der Waals surface area contributed by atoms with Crippen molar-refractivity contribution in [3.63, 3.8) is 0 Å². The SMILES string of the molecule is N#Cc1ccc2c(c1)c1ccccc1n2-c1cccc(-c2ccccc2-c2cccc(-n3c4ccccc4c4cc(C#N)ccc43)c2)c1. The monoisotopic (exact) mass is 610 g/mol. The average Bonchev–Trinajstić information content (AvgIpc) is 3.67. The van der Waals surface area contributed by atoms with Gasteiger partial charge in [0.05, 0.1) is 45.3 Å². The summed E-state index contributed by atoms with van der Waals surface area (Å²) in [5.74, 6) is 0. The quantitative estimate of drug-likeness (QED) is 0.199. The first kappa shape index (κ1) is 27.4. The molecular formula is C44H26N4. The number of nitrogens with zero attached hydrogens (tertiary/aromatic N) is 4. The Morgan fingerprint density at radius 3 is 1.23 bits per heavy atom. The highest BCUT2D eigenvalue weighted by molar-refractivity contribution is 6.10. The predicted octanol–water partition coefficient (Wildman–Crippen LogP) is 11.0. The second-order valence-electron chi connectivity index (χ2n) is 12.0. The lowest BCUT2D eigenvalue weighted by Gasteiger charge is -2.15. The van der Waals surface area contributed by atoms with E-state index in [1.54, 1.807) is 0 Å². The number of hydrogen-bond donors (Lipinski definition) is 0. The molecule has 0 aliphatic carbocycles. The fourth-order valence-corrected chi connectivity index (χ4v) is 7.25. The van der Waals surface area contributed by atoms with E-state index >= 15 is 0 Å². The van der Waals surface area contributed by atoms with Gasteiger partial charge in [-0.1, -0.05) is 84.9 Å². The molecule has 0 radical (unpaired) electrons. The topological polar surface area (TPSA) is 57.4 Å². The Labute approximate surface area is 277 Å². The second-order valence-corrected chi connectivity index (χ2v) is 12.0. The molecule has 0 spiro atoms. The van der Waals surface area contributed by atoms with Gasteiger partial charge >= 0.3 is 0 Å². The lowest BCUT2D eigenvalue weighted by Crippen LogP contribution is -1.96. The highest BCUT2D eigenvalue weighted by atomic mass is 15.0. The molecule has 48 heavy (non-hydrogen) atoms. The molecule has 0 amide bonds. The van der Waals surface area contributed by atoms with Crippen molar-refractivity contribution >= 4 is 43.6 Å². The Morgan fingerprint density at radius 1 is 0.354 bits per heavy atom. The maximum absolute atomic E-state index is 9.59. The van der Waals surface area contributed by atoms with Crippen LogP contribution in [0, 0.1) is 22.7 Å². The minimum absolute atomic E-state index is 0.656. The first-order valence-electron chi connectivity index (χ1n) is 15.9. The van der Waals surface area contributed by atoms with E-state index in [0.29, 0.717) is 11.1 Å².